The van der Waals surface area contributed by atoms with Crippen molar-refractivity contribution in [2.45, 2.75) is 77.8 Å². The monoisotopic (exact) mass is 358 g/mol. The molecule has 3 N–H and O–H groups in total. The summed E-state index contributed by atoms with van der Waals surface area (Å²) in [7, 11) is 0. The predicted octanol–water partition coefficient (Wildman–Crippen LogP) is 5.47. The molecule has 0 aromatic heterocycles. The van der Waals surface area contributed by atoms with Crippen molar-refractivity contribution in [1.29, 1.82) is 0 Å². The van der Waals surface area contributed by atoms with Crippen LogP contribution in [0.2, 0.25) is 0 Å². The van der Waals surface area contributed by atoms with Gasteiger partial charge in [0.15, 0.2) is 0 Å². The van der Waals surface area contributed by atoms with Crippen LogP contribution >= 0.6 is 12.2 Å². The molecule has 1 aliphatic carbocycles. The van der Waals surface area contributed by atoms with E-state index < -0.39 is 0 Å². The van der Waals surface area contributed by atoms with Gasteiger partial charge in [0, 0.05) is 17.5 Å². The predicted molar refractivity (Wildman–Crippen MR) is 114 cm³/mol. The highest BCUT2D eigenvalue weighted by Crippen LogP contribution is 2.39. The van der Waals surface area contributed by atoms with Gasteiger partial charge in [0.2, 0.25) is 0 Å². The van der Waals surface area contributed by atoms with Crippen LogP contribution in [0.4, 0.5) is 0 Å². The Hall–Kier alpha value is -1.19. The van der Waals surface area contributed by atoms with E-state index in [0.717, 1.165) is 49.9 Å². The molecule has 0 amide bonds. The van der Waals surface area contributed by atoms with Crippen molar-refractivity contribution in [3.63, 3.8) is 0 Å². The maximum atomic E-state index is 6.05. The lowest BCUT2D eigenvalue weighted by Gasteiger charge is -2.37. The zero-order chi connectivity index (χ0) is 18.3. The van der Waals surface area contributed by atoms with E-state index in [0.29, 0.717) is 12.1 Å². The van der Waals surface area contributed by atoms with Crippen molar-refractivity contribution in [1.82, 2.24) is 5.32 Å². The van der Waals surface area contributed by atoms with E-state index in [1.165, 1.54) is 11.1 Å². The first-order valence-electron chi connectivity index (χ1n) is 9.81. The van der Waals surface area contributed by atoms with Crippen LogP contribution in [0.25, 0.3) is 5.57 Å². The summed E-state index contributed by atoms with van der Waals surface area (Å²) in [6.07, 6.45) is 9.86. The first kappa shape index (κ1) is 20.1. The smallest absolute Gasteiger partial charge is 0.0821 e. The van der Waals surface area contributed by atoms with Gasteiger partial charge >= 0.3 is 0 Å². The molecule has 0 radical (unpaired) electrons. The van der Waals surface area contributed by atoms with E-state index in [2.05, 4.69) is 62.5 Å². The van der Waals surface area contributed by atoms with Gasteiger partial charge in [-0.05, 0) is 63.0 Å². The second-order valence-corrected chi connectivity index (χ2v) is 7.84. The minimum atomic E-state index is 0.0343. The van der Waals surface area contributed by atoms with Crippen molar-refractivity contribution in [3.8, 4) is 0 Å². The van der Waals surface area contributed by atoms with Crippen LogP contribution in [0.3, 0.4) is 0 Å². The zero-order valence-electron chi connectivity index (χ0n) is 16.1. The van der Waals surface area contributed by atoms with Crippen LogP contribution in [0, 0.1) is 5.41 Å². The van der Waals surface area contributed by atoms with E-state index in [1.807, 2.05) is 0 Å². The van der Waals surface area contributed by atoms with Gasteiger partial charge in [0.05, 0.1) is 4.99 Å². The van der Waals surface area contributed by atoms with Gasteiger partial charge in [-0.3, -0.25) is 0 Å². The van der Waals surface area contributed by atoms with Gasteiger partial charge < -0.3 is 11.1 Å². The highest BCUT2D eigenvalue weighted by atomic mass is 32.1. The number of hydrogen-bond donors (Lipinski definition) is 2. The van der Waals surface area contributed by atoms with E-state index in [9.17, 15) is 0 Å². The Morgan fingerprint density at radius 3 is 2.28 bits per heavy atom. The standard InChI is InChI=1S/C22H34N2S/c1-4-17(18-10-8-7-9-11-18)16-22(5-2,6-3)21(25)24-20-14-12-19(23)13-15-20/h4,7-11,19-20H,5-6,12-16,23H2,1-3H3,(H,24,25)/b17-4-/t19-,20-. The minimum Gasteiger partial charge on any atom is -0.376 e. The Labute approximate surface area is 159 Å². The second kappa shape index (κ2) is 9.49. The maximum Gasteiger partial charge on any atom is 0.0821 e. The second-order valence-electron chi connectivity index (χ2n) is 7.43. The number of allylic oxidation sites excluding steroid dienone is 2. The van der Waals surface area contributed by atoms with E-state index >= 15 is 0 Å². The Morgan fingerprint density at radius 2 is 1.76 bits per heavy atom. The normalized spacial score (nSPS) is 21.8. The number of hydrogen-bond acceptors (Lipinski definition) is 2. The van der Waals surface area contributed by atoms with Gasteiger partial charge in [-0.25, -0.2) is 0 Å². The molecule has 25 heavy (non-hydrogen) atoms. The molecule has 0 spiro atoms. The molecule has 0 unspecified atom stereocenters. The lowest BCUT2D eigenvalue weighted by atomic mass is 9.74. The average molecular weight is 359 g/mol. The van der Waals surface area contributed by atoms with Crippen LogP contribution in [-0.2, 0) is 0 Å². The quantitative estimate of drug-likeness (QED) is 0.634. The third kappa shape index (κ3) is 5.15. The number of thiocarbonyl (C=S) groups is 1. The number of benzene rings is 1. The molecule has 2 rings (SSSR count). The average Bonchev–Trinajstić information content (AvgIpc) is 2.66. The molecular weight excluding hydrogens is 324 g/mol. The Morgan fingerprint density at radius 1 is 1.16 bits per heavy atom. The van der Waals surface area contributed by atoms with Gasteiger partial charge in [0.1, 0.15) is 0 Å². The fraction of sp³-hybridized carbons (Fsp3) is 0.591. The number of nitrogens with two attached hydrogens (primary N) is 1. The summed E-state index contributed by atoms with van der Waals surface area (Å²) in [6.45, 7) is 6.68. The largest absolute Gasteiger partial charge is 0.376 e. The summed E-state index contributed by atoms with van der Waals surface area (Å²) in [5, 5.41) is 3.71. The molecule has 1 aliphatic rings. The molecule has 3 heteroatoms. The maximum absolute atomic E-state index is 6.05. The molecule has 1 aromatic rings. The first-order chi connectivity index (χ1) is 12.0. The van der Waals surface area contributed by atoms with Gasteiger partial charge in [-0.15, -0.1) is 0 Å². The molecule has 0 aliphatic heterocycles. The van der Waals surface area contributed by atoms with Crippen LogP contribution in [0.15, 0.2) is 36.4 Å². The molecule has 1 fully saturated rings. The van der Waals surface area contributed by atoms with Crippen molar-refractivity contribution in [2.24, 2.45) is 11.1 Å². The molecule has 0 heterocycles. The lowest BCUT2D eigenvalue weighted by Crippen LogP contribution is -2.46. The molecule has 0 bridgehead atoms. The highest BCUT2D eigenvalue weighted by Gasteiger charge is 2.34. The highest BCUT2D eigenvalue weighted by molar-refractivity contribution is 7.80. The van der Waals surface area contributed by atoms with E-state index in [4.69, 9.17) is 18.0 Å². The lowest BCUT2D eigenvalue weighted by molar-refractivity contribution is 0.346. The number of nitrogens with one attached hydrogen (secondary N) is 1. The zero-order valence-corrected chi connectivity index (χ0v) is 16.9. The van der Waals surface area contributed by atoms with Gasteiger partial charge in [-0.1, -0.05) is 62.5 Å². The Bertz CT molecular complexity index is 567. The SMILES string of the molecule is C/C=C(/CC(CC)(CC)C(=S)N[C@H]1CC[C@H](N)CC1)c1ccccc1. The summed E-state index contributed by atoms with van der Waals surface area (Å²) in [5.41, 5.74) is 8.78. The molecule has 0 atom stereocenters. The summed E-state index contributed by atoms with van der Waals surface area (Å²) in [6, 6.07) is 11.6. The Kier molecular flexibility index (Phi) is 7.64. The van der Waals surface area contributed by atoms with E-state index in [-0.39, 0.29) is 5.41 Å². The summed E-state index contributed by atoms with van der Waals surface area (Å²) in [5.74, 6) is 0. The summed E-state index contributed by atoms with van der Waals surface area (Å²) >= 11 is 5.94. The summed E-state index contributed by atoms with van der Waals surface area (Å²) in [4.78, 5) is 1.05. The fourth-order valence-electron chi connectivity index (χ4n) is 3.89. The molecular formula is C22H34N2S. The van der Waals surface area contributed by atoms with Crippen molar-refractivity contribution in [3.05, 3.63) is 42.0 Å². The fourth-order valence-corrected chi connectivity index (χ4v) is 4.42. The van der Waals surface area contributed by atoms with Crippen LogP contribution < -0.4 is 11.1 Å². The Balaban J connectivity index is 2.12. The third-order valence-corrected chi connectivity index (χ3v) is 6.52. The number of rotatable bonds is 7. The molecule has 1 aromatic carbocycles. The van der Waals surface area contributed by atoms with Crippen LogP contribution in [-0.4, -0.2) is 17.1 Å². The molecule has 0 saturated heterocycles. The van der Waals surface area contributed by atoms with E-state index in [1.54, 1.807) is 0 Å². The molecule has 2 nitrogen and oxygen atoms in total. The van der Waals surface area contributed by atoms with Crippen LogP contribution in [0.1, 0.15) is 71.3 Å². The topological polar surface area (TPSA) is 38.0 Å². The third-order valence-electron chi connectivity index (χ3n) is 5.96. The van der Waals surface area contributed by atoms with Crippen LogP contribution in [0.5, 0.6) is 0 Å². The van der Waals surface area contributed by atoms with Gasteiger partial charge in [0.25, 0.3) is 0 Å². The first-order valence-corrected chi connectivity index (χ1v) is 10.2. The summed E-state index contributed by atoms with van der Waals surface area (Å²) < 4.78 is 0. The molecule has 138 valence electrons. The minimum absolute atomic E-state index is 0.0343. The van der Waals surface area contributed by atoms with Crippen molar-refractivity contribution in [2.75, 3.05) is 0 Å². The molecule has 1 saturated carbocycles. The van der Waals surface area contributed by atoms with Crippen molar-refractivity contribution < 1.29 is 0 Å². The van der Waals surface area contributed by atoms with Crippen molar-refractivity contribution >= 4 is 22.8 Å². The van der Waals surface area contributed by atoms with Gasteiger partial charge in [-0.2, -0.15) is 0 Å².